The first-order valence-electron chi connectivity index (χ1n) is 11.6. The molecule has 3 rings (SSSR count). The van der Waals surface area contributed by atoms with Gasteiger partial charge in [-0.2, -0.15) is 0 Å². The van der Waals surface area contributed by atoms with Gasteiger partial charge in [-0.15, -0.1) is 0 Å². The Hall–Kier alpha value is -3.15. The summed E-state index contributed by atoms with van der Waals surface area (Å²) < 4.78 is 0. The van der Waals surface area contributed by atoms with Crippen LogP contribution in [0.25, 0.3) is 0 Å². The van der Waals surface area contributed by atoms with E-state index in [1.165, 1.54) is 12.8 Å². The van der Waals surface area contributed by atoms with Crippen LogP contribution >= 0.6 is 0 Å². The predicted molar refractivity (Wildman–Crippen MR) is 128 cm³/mol. The lowest BCUT2D eigenvalue weighted by Crippen LogP contribution is -2.43. The summed E-state index contributed by atoms with van der Waals surface area (Å²) in [5.41, 5.74) is 2.43. The molecule has 0 radical (unpaired) electrons. The third-order valence-electron chi connectivity index (χ3n) is 5.76. The van der Waals surface area contributed by atoms with Crippen LogP contribution in [0.15, 0.2) is 54.6 Å². The first kappa shape index (κ1) is 23.5. The molecule has 32 heavy (non-hydrogen) atoms. The standard InChI is InChI=1S/C26H33N3O3/c1-2-3-14-23(28-25(31)16-15-24(30)20-10-5-4-6-11-20)26(32)27-21-12-9-13-22(19-21)29-17-7-8-18-29/h4-6,9-13,19,23H,2-3,7-8,14-18H2,1H3,(H,27,32)(H,28,31). The van der Waals surface area contributed by atoms with E-state index in [0.29, 0.717) is 12.0 Å². The normalized spacial score (nSPS) is 14.1. The lowest BCUT2D eigenvalue weighted by molar-refractivity contribution is -0.126. The van der Waals surface area contributed by atoms with Crippen molar-refractivity contribution in [1.82, 2.24) is 5.32 Å². The maximum atomic E-state index is 12.9. The van der Waals surface area contributed by atoms with Crippen LogP contribution in [0, 0.1) is 0 Å². The highest BCUT2D eigenvalue weighted by atomic mass is 16.2. The van der Waals surface area contributed by atoms with Crippen molar-refractivity contribution in [2.45, 2.75) is 57.9 Å². The minimum absolute atomic E-state index is 0.0636. The lowest BCUT2D eigenvalue weighted by atomic mass is 10.1. The van der Waals surface area contributed by atoms with Gasteiger partial charge in [-0.1, -0.05) is 56.2 Å². The fourth-order valence-corrected chi connectivity index (χ4v) is 3.92. The number of carbonyl (C=O) groups excluding carboxylic acids is 3. The Balaban J connectivity index is 1.56. The summed E-state index contributed by atoms with van der Waals surface area (Å²) in [6.07, 6.45) is 4.88. The Morgan fingerprint density at radius 2 is 1.72 bits per heavy atom. The smallest absolute Gasteiger partial charge is 0.246 e. The van der Waals surface area contributed by atoms with E-state index in [1.807, 2.05) is 24.3 Å². The first-order valence-corrected chi connectivity index (χ1v) is 11.6. The van der Waals surface area contributed by atoms with Crippen LogP contribution in [0.1, 0.15) is 62.2 Å². The van der Waals surface area contributed by atoms with E-state index in [1.54, 1.807) is 24.3 Å². The van der Waals surface area contributed by atoms with Crippen LogP contribution < -0.4 is 15.5 Å². The van der Waals surface area contributed by atoms with Gasteiger partial charge < -0.3 is 15.5 Å². The molecule has 6 nitrogen and oxygen atoms in total. The molecule has 1 atom stereocenters. The van der Waals surface area contributed by atoms with Crippen LogP contribution in [-0.2, 0) is 9.59 Å². The number of hydrogen-bond donors (Lipinski definition) is 2. The molecule has 1 unspecified atom stereocenters. The van der Waals surface area contributed by atoms with Crippen LogP contribution in [-0.4, -0.2) is 36.7 Å². The van der Waals surface area contributed by atoms with Gasteiger partial charge in [-0.25, -0.2) is 0 Å². The Morgan fingerprint density at radius 1 is 0.969 bits per heavy atom. The number of Topliss-reactive ketones (excluding diaryl/α,β-unsaturated/α-hetero) is 1. The fraction of sp³-hybridized carbons (Fsp3) is 0.423. The number of nitrogens with zero attached hydrogens (tertiary/aromatic N) is 1. The second kappa shape index (κ2) is 12.0. The van der Waals surface area contributed by atoms with Crippen molar-refractivity contribution in [3.05, 3.63) is 60.2 Å². The quantitative estimate of drug-likeness (QED) is 0.507. The minimum Gasteiger partial charge on any atom is -0.371 e. The van der Waals surface area contributed by atoms with Gasteiger partial charge in [0.15, 0.2) is 5.78 Å². The topological polar surface area (TPSA) is 78.5 Å². The lowest BCUT2D eigenvalue weighted by Gasteiger charge is -2.20. The highest BCUT2D eigenvalue weighted by Crippen LogP contribution is 2.23. The van der Waals surface area contributed by atoms with Crippen molar-refractivity contribution in [2.75, 3.05) is 23.3 Å². The summed E-state index contributed by atoms with van der Waals surface area (Å²) in [5, 5.41) is 5.80. The Kier molecular flexibility index (Phi) is 8.84. The number of carbonyl (C=O) groups is 3. The molecule has 0 bridgehead atoms. The molecule has 1 aliphatic heterocycles. The number of unbranched alkanes of at least 4 members (excludes halogenated alkanes) is 1. The number of hydrogen-bond acceptors (Lipinski definition) is 4. The monoisotopic (exact) mass is 435 g/mol. The van der Waals surface area contributed by atoms with Crippen molar-refractivity contribution in [1.29, 1.82) is 0 Å². The Labute approximate surface area is 190 Å². The first-order chi connectivity index (χ1) is 15.6. The second-order valence-electron chi connectivity index (χ2n) is 8.29. The van der Waals surface area contributed by atoms with E-state index in [9.17, 15) is 14.4 Å². The van der Waals surface area contributed by atoms with Crippen molar-refractivity contribution in [3.63, 3.8) is 0 Å². The van der Waals surface area contributed by atoms with Gasteiger partial charge in [0, 0.05) is 42.9 Å². The molecule has 1 saturated heterocycles. The molecule has 1 aliphatic rings. The van der Waals surface area contributed by atoms with Crippen molar-refractivity contribution in [2.24, 2.45) is 0 Å². The predicted octanol–water partition coefficient (Wildman–Crippen LogP) is 4.56. The van der Waals surface area contributed by atoms with E-state index >= 15 is 0 Å². The van der Waals surface area contributed by atoms with Crippen molar-refractivity contribution >= 4 is 29.0 Å². The summed E-state index contributed by atoms with van der Waals surface area (Å²) in [5.74, 6) is -0.579. The highest BCUT2D eigenvalue weighted by Gasteiger charge is 2.21. The van der Waals surface area contributed by atoms with Gasteiger partial charge in [0.25, 0.3) is 0 Å². The maximum absolute atomic E-state index is 12.9. The minimum atomic E-state index is -0.621. The average molecular weight is 436 g/mol. The van der Waals surface area contributed by atoms with E-state index in [4.69, 9.17) is 0 Å². The molecular weight excluding hydrogens is 402 g/mol. The number of anilines is 2. The number of benzene rings is 2. The molecule has 0 aromatic heterocycles. The number of amides is 2. The molecule has 1 fully saturated rings. The molecule has 2 N–H and O–H groups in total. The molecule has 1 heterocycles. The molecule has 0 spiro atoms. The van der Waals surface area contributed by atoms with E-state index in [-0.39, 0.29) is 30.4 Å². The zero-order chi connectivity index (χ0) is 22.8. The Morgan fingerprint density at radius 3 is 2.44 bits per heavy atom. The van der Waals surface area contributed by atoms with Crippen LogP contribution in [0.5, 0.6) is 0 Å². The van der Waals surface area contributed by atoms with Crippen LogP contribution in [0.2, 0.25) is 0 Å². The van der Waals surface area contributed by atoms with E-state index in [2.05, 4.69) is 28.5 Å². The van der Waals surface area contributed by atoms with Crippen LogP contribution in [0.3, 0.4) is 0 Å². The second-order valence-corrected chi connectivity index (χ2v) is 8.29. The highest BCUT2D eigenvalue weighted by molar-refractivity contribution is 6.00. The molecular formula is C26H33N3O3. The molecule has 6 heteroatoms. The van der Waals surface area contributed by atoms with E-state index in [0.717, 1.165) is 37.3 Å². The molecule has 2 aromatic rings. The van der Waals surface area contributed by atoms with E-state index < -0.39 is 6.04 Å². The summed E-state index contributed by atoms with van der Waals surface area (Å²) in [6, 6.07) is 16.2. The zero-order valence-electron chi connectivity index (χ0n) is 18.8. The van der Waals surface area contributed by atoms with Gasteiger partial charge in [-0.05, 0) is 37.5 Å². The molecule has 0 saturated carbocycles. The number of rotatable bonds is 11. The van der Waals surface area contributed by atoms with Gasteiger partial charge in [0.05, 0.1) is 0 Å². The van der Waals surface area contributed by atoms with Gasteiger partial charge in [0.1, 0.15) is 6.04 Å². The third kappa shape index (κ3) is 6.94. The Bertz CT molecular complexity index is 908. The molecule has 0 aliphatic carbocycles. The summed E-state index contributed by atoms with van der Waals surface area (Å²) in [6.45, 7) is 4.12. The fourth-order valence-electron chi connectivity index (χ4n) is 3.92. The summed E-state index contributed by atoms with van der Waals surface area (Å²) in [4.78, 5) is 40.0. The molecule has 2 aromatic carbocycles. The summed E-state index contributed by atoms with van der Waals surface area (Å²) in [7, 11) is 0. The molecule has 170 valence electrons. The van der Waals surface area contributed by atoms with Gasteiger partial charge in [-0.3, -0.25) is 14.4 Å². The third-order valence-corrected chi connectivity index (χ3v) is 5.76. The number of nitrogens with one attached hydrogen (secondary N) is 2. The van der Waals surface area contributed by atoms with Gasteiger partial charge in [0.2, 0.25) is 11.8 Å². The SMILES string of the molecule is CCCCC(NC(=O)CCC(=O)c1ccccc1)C(=O)Nc1cccc(N2CCCC2)c1. The molecule has 2 amide bonds. The maximum Gasteiger partial charge on any atom is 0.246 e. The average Bonchev–Trinajstić information content (AvgIpc) is 3.36. The van der Waals surface area contributed by atoms with Crippen molar-refractivity contribution < 1.29 is 14.4 Å². The van der Waals surface area contributed by atoms with Gasteiger partial charge >= 0.3 is 0 Å². The van der Waals surface area contributed by atoms with Crippen LogP contribution in [0.4, 0.5) is 11.4 Å². The summed E-state index contributed by atoms with van der Waals surface area (Å²) >= 11 is 0. The largest absolute Gasteiger partial charge is 0.371 e. The number of ketones is 1. The zero-order valence-corrected chi connectivity index (χ0v) is 18.8. The van der Waals surface area contributed by atoms with Crippen molar-refractivity contribution in [3.8, 4) is 0 Å².